The van der Waals surface area contributed by atoms with E-state index in [4.69, 9.17) is 9.47 Å². The molecule has 1 heterocycles. The number of hydrogen-bond donors (Lipinski definition) is 0. The summed E-state index contributed by atoms with van der Waals surface area (Å²) in [5.74, 6) is -0.498. The van der Waals surface area contributed by atoms with Crippen LogP contribution >= 0.6 is 0 Å². The minimum Gasteiger partial charge on any atom is -0.381 e. The first-order valence-corrected chi connectivity index (χ1v) is 6.82. The van der Waals surface area contributed by atoms with Gasteiger partial charge in [0.15, 0.2) is 0 Å². The van der Waals surface area contributed by atoms with Gasteiger partial charge in [0.2, 0.25) is 0 Å². The molecule has 1 aliphatic heterocycles. The van der Waals surface area contributed by atoms with Crippen LogP contribution < -0.4 is 4.90 Å². The maximum Gasteiger partial charge on any atom is 0.256 e. The van der Waals surface area contributed by atoms with Crippen molar-refractivity contribution in [3.63, 3.8) is 0 Å². The minimum absolute atomic E-state index is 0.0237. The molecule has 1 aromatic carbocycles. The molecule has 0 aliphatic carbocycles. The van der Waals surface area contributed by atoms with Gasteiger partial charge < -0.3 is 14.4 Å². The van der Waals surface area contributed by atoms with E-state index in [0.29, 0.717) is 18.9 Å². The molecule has 0 radical (unpaired) electrons. The van der Waals surface area contributed by atoms with Crippen LogP contribution in [0.4, 0.5) is 10.1 Å². The van der Waals surface area contributed by atoms with E-state index in [1.54, 1.807) is 24.0 Å². The van der Waals surface area contributed by atoms with E-state index in [2.05, 4.69) is 0 Å². The van der Waals surface area contributed by atoms with Crippen molar-refractivity contribution in [3.05, 3.63) is 30.1 Å². The van der Waals surface area contributed by atoms with Crippen molar-refractivity contribution < 1.29 is 18.7 Å². The second kappa shape index (κ2) is 6.81. The normalized spacial score (nSPS) is 17.8. The number of benzene rings is 1. The van der Waals surface area contributed by atoms with Gasteiger partial charge in [-0.25, -0.2) is 4.39 Å². The third kappa shape index (κ3) is 3.35. The van der Waals surface area contributed by atoms with Gasteiger partial charge in [-0.2, -0.15) is 0 Å². The van der Waals surface area contributed by atoms with E-state index in [0.717, 1.165) is 12.8 Å². The SMILES string of the molecule is CO[C@@H](C)C(=O)N(c1cccc(F)c1)C1CCOCC1. The molecule has 0 bridgehead atoms. The standard InChI is InChI=1S/C15H20FNO3/c1-11(19-2)15(18)17(13-6-8-20-9-7-13)14-5-3-4-12(16)10-14/h3-5,10-11,13H,6-9H2,1-2H3/t11-/m0/s1. The fourth-order valence-corrected chi connectivity index (χ4v) is 2.38. The highest BCUT2D eigenvalue weighted by Crippen LogP contribution is 2.25. The fourth-order valence-electron chi connectivity index (χ4n) is 2.38. The van der Waals surface area contributed by atoms with Crippen molar-refractivity contribution in [2.24, 2.45) is 0 Å². The van der Waals surface area contributed by atoms with Gasteiger partial charge in [0, 0.05) is 32.1 Å². The van der Waals surface area contributed by atoms with Gasteiger partial charge in [-0.3, -0.25) is 4.79 Å². The van der Waals surface area contributed by atoms with E-state index in [9.17, 15) is 9.18 Å². The number of carbonyl (C=O) groups excluding carboxylic acids is 1. The van der Waals surface area contributed by atoms with Gasteiger partial charge in [-0.1, -0.05) is 6.07 Å². The highest BCUT2D eigenvalue weighted by Gasteiger charge is 2.30. The van der Waals surface area contributed by atoms with Crippen LogP contribution in [0.2, 0.25) is 0 Å². The average molecular weight is 281 g/mol. The number of anilines is 1. The molecule has 1 aliphatic rings. The second-order valence-corrected chi connectivity index (χ2v) is 4.91. The Hall–Kier alpha value is -1.46. The van der Waals surface area contributed by atoms with Crippen molar-refractivity contribution in [2.45, 2.75) is 31.9 Å². The van der Waals surface area contributed by atoms with Gasteiger partial charge in [0.05, 0.1) is 0 Å². The molecule has 1 fully saturated rings. The second-order valence-electron chi connectivity index (χ2n) is 4.91. The van der Waals surface area contributed by atoms with Crippen LogP contribution in [0.3, 0.4) is 0 Å². The zero-order valence-corrected chi connectivity index (χ0v) is 11.8. The van der Waals surface area contributed by atoms with Crippen LogP contribution in [-0.2, 0) is 14.3 Å². The van der Waals surface area contributed by atoms with Crippen molar-refractivity contribution in [1.29, 1.82) is 0 Å². The lowest BCUT2D eigenvalue weighted by Crippen LogP contribution is -2.47. The Morgan fingerprint density at radius 1 is 1.45 bits per heavy atom. The number of hydrogen-bond acceptors (Lipinski definition) is 3. The first-order valence-electron chi connectivity index (χ1n) is 6.82. The van der Waals surface area contributed by atoms with Crippen LogP contribution in [0.5, 0.6) is 0 Å². The van der Waals surface area contributed by atoms with Crippen LogP contribution in [0.15, 0.2) is 24.3 Å². The number of ether oxygens (including phenoxy) is 2. The highest BCUT2D eigenvalue weighted by molar-refractivity contribution is 5.96. The number of rotatable bonds is 4. The molecule has 0 N–H and O–H groups in total. The Kier molecular flexibility index (Phi) is 5.09. The lowest BCUT2D eigenvalue weighted by Gasteiger charge is -2.35. The molecule has 1 amide bonds. The lowest BCUT2D eigenvalue weighted by atomic mass is 10.0. The summed E-state index contributed by atoms with van der Waals surface area (Å²) in [6.07, 6.45) is 0.943. The van der Waals surface area contributed by atoms with E-state index < -0.39 is 6.10 Å². The summed E-state index contributed by atoms with van der Waals surface area (Å²) in [6, 6.07) is 6.14. The summed E-state index contributed by atoms with van der Waals surface area (Å²) in [5.41, 5.74) is 0.575. The van der Waals surface area contributed by atoms with Gasteiger partial charge in [0.25, 0.3) is 5.91 Å². The first-order chi connectivity index (χ1) is 9.63. The lowest BCUT2D eigenvalue weighted by molar-refractivity contribution is -0.128. The monoisotopic (exact) mass is 281 g/mol. The highest BCUT2D eigenvalue weighted by atomic mass is 19.1. The Bertz CT molecular complexity index is 460. The molecule has 0 unspecified atom stereocenters. The predicted octanol–water partition coefficient (Wildman–Crippen LogP) is 2.37. The maximum absolute atomic E-state index is 13.4. The Morgan fingerprint density at radius 2 is 2.15 bits per heavy atom. The molecule has 5 heteroatoms. The number of methoxy groups -OCH3 is 1. The van der Waals surface area contributed by atoms with Crippen molar-refractivity contribution in [2.75, 3.05) is 25.2 Å². The predicted molar refractivity (Wildman–Crippen MR) is 74.2 cm³/mol. The minimum atomic E-state index is -0.555. The van der Waals surface area contributed by atoms with E-state index in [1.807, 2.05) is 0 Å². The zero-order chi connectivity index (χ0) is 14.5. The largest absolute Gasteiger partial charge is 0.381 e. The third-order valence-electron chi connectivity index (χ3n) is 3.58. The van der Waals surface area contributed by atoms with Crippen LogP contribution in [0, 0.1) is 5.82 Å². The molecular weight excluding hydrogens is 261 g/mol. The molecule has 0 aromatic heterocycles. The van der Waals surface area contributed by atoms with Gasteiger partial charge in [0.1, 0.15) is 11.9 Å². The Morgan fingerprint density at radius 3 is 2.75 bits per heavy atom. The van der Waals surface area contributed by atoms with Crippen molar-refractivity contribution in [3.8, 4) is 0 Å². The van der Waals surface area contributed by atoms with Gasteiger partial charge in [-0.05, 0) is 38.0 Å². The fraction of sp³-hybridized carbons (Fsp3) is 0.533. The number of amides is 1. The van der Waals surface area contributed by atoms with E-state index in [1.165, 1.54) is 19.2 Å². The molecule has 0 saturated carbocycles. The third-order valence-corrected chi connectivity index (χ3v) is 3.58. The molecular formula is C15H20FNO3. The van der Waals surface area contributed by atoms with Crippen LogP contribution in [0.1, 0.15) is 19.8 Å². The summed E-state index contributed by atoms with van der Waals surface area (Å²) in [6.45, 7) is 2.93. The number of halogens is 1. The van der Waals surface area contributed by atoms with Crippen molar-refractivity contribution in [1.82, 2.24) is 0 Å². The zero-order valence-electron chi connectivity index (χ0n) is 11.8. The topological polar surface area (TPSA) is 38.8 Å². The molecule has 2 rings (SSSR count). The average Bonchev–Trinajstić information content (AvgIpc) is 2.48. The van der Waals surface area contributed by atoms with Crippen LogP contribution in [-0.4, -0.2) is 38.4 Å². The molecule has 110 valence electrons. The van der Waals surface area contributed by atoms with E-state index in [-0.39, 0.29) is 17.8 Å². The molecule has 0 spiro atoms. The first kappa shape index (κ1) is 14.9. The summed E-state index contributed by atoms with van der Waals surface area (Å²) in [5, 5.41) is 0. The quantitative estimate of drug-likeness (QED) is 0.850. The molecule has 1 saturated heterocycles. The number of nitrogens with zero attached hydrogens (tertiary/aromatic N) is 1. The summed E-state index contributed by atoms with van der Waals surface area (Å²) < 4.78 is 23.9. The van der Waals surface area contributed by atoms with Gasteiger partial charge in [-0.15, -0.1) is 0 Å². The smallest absolute Gasteiger partial charge is 0.256 e. The Labute approximate surface area is 118 Å². The molecule has 4 nitrogen and oxygen atoms in total. The molecule has 1 aromatic rings. The molecule has 20 heavy (non-hydrogen) atoms. The van der Waals surface area contributed by atoms with Gasteiger partial charge >= 0.3 is 0 Å². The summed E-state index contributed by atoms with van der Waals surface area (Å²) in [7, 11) is 1.50. The van der Waals surface area contributed by atoms with E-state index >= 15 is 0 Å². The summed E-state index contributed by atoms with van der Waals surface area (Å²) in [4.78, 5) is 14.2. The summed E-state index contributed by atoms with van der Waals surface area (Å²) >= 11 is 0. The maximum atomic E-state index is 13.4. The van der Waals surface area contributed by atoms with Crippen LogP contribution in [0.25, 0.3) is 0 Å². The number of carbonyl (C=O) groups is 1. The van der Waals surface area contributed by atoms with Crippen molar-refractivity contribution >= 4 is 11.6 Å². The molecule has 1 atom stereocenters. The Balaban J connectivity index is 2.30.